The van der Waals surface area contributed by atoms with E-state index in [1.54, 1.807) is 19.2 Å². The van der Waals surface area contributed by atoms with Crippen LogP contribution in [0.25, 0.3) is 0 Å². The first kappa shape index (κ1) is 47.8. The van der Waals surface area contributed by atoms with E-state index in [1.807, 2.05) is 56.2 Å². The number of anilines is 4. The molecule has 4 aliphatic heterocycles. The number of ketones is 2. The number of hydrazine groups is 1. The third-order valence-corrected chi connectivity index (χ3v) is 15.4. The van der Waals surface area contributed by atoms with Crippen molar-refractivity contribution in [3.63, 3.8) is 0 Å². The first-order chi connectivity index (χ1) is 33.6. The van der Waals surface area contributed by atoms with Gasteiger partial charge in [0.15, 0.2) is 35.8 Å². The molecule has 18 nitrogen and oxygen atoms in total. The molecule has 5 aliphatic rings. The zero-order chi connectivity index (χ0) is 49.3. The molecule has 0 radical (unpaired) electrons. The summed E-state index contributed by atoms with van der Waals surface area (Å²) in [4.78, 5) is 96.4. The topological polar surface area (TPSA) is 194 Å². The van der Waals surface area contributed by atoms with Crippen molar-refractivity contribution in [1.29, 1.82) is 0 Å². The van der Waals surface area contributed by atoms with Gasteiger partial charge in [-0.1, -0.05) is 76.1 Å². The largest absolute Gasteiger partial charge is 0.332 e. The predicted molar refractivity (Wildman–Crippen MR) is 268 cm³/mol. The van der Waals surface area contributed by atoms with Gasteiger partial charge in [-0.3, -0.25) is 47.2 Å². The first-order valence-electron chi connectivity index (χ1n) is 23.7. The molecular weight excluding hydrogens is 987 g/mol. The number of halogens is 3. The lowest BCUT2D eigenvalue weighted by Gasteiger charge is -2.50. The number of Topliss-reactive ketones (excluding diaryl/α,β-unsaturated/α-hetero) is 2. The van der Waals surface area contributed by atoms with E-state index in [0.29, 0.717) is 62.4 Å². The summed E-state index contributed by atoms with van der Waals surface area (Å²) in [5.41, 5.74) is 12.2. The van der Waals surface area contributed by atoms with Crippen molar-refractivity contribution in [2.75, 3.05) is 46.0 Å². The average Bonchev–Trinajstić information content (AvgIpc) is 4.07. The third kappa shape index (κ3) is 8.51. The van der Waals surface area contributed by atoms with Crippen LogP contribution in [-0.4, -0.2) is 90.5 Å². The second-order valence-electron chi connectivity index (χ2n) is 19.1. The smallest absolute Gasteiger partial charge is 0.327 e. The van der Waals surface area contributed by atoms with Crippen LogP contribution in [0.5, 0.6) is 0 Å². The zero-order valence-corrected chi connectivity index (χ0v) is 41.3. The van der Waals surface area contributed by atoms with E-state index >= 15 is 9.59 Å². The monoisotopic (exact) mass is 1040 g/mol. The number of benzene rings is 3. The number of aromatic nitrogens is 4. The highest BCUT2D eigenvalue weighted by atomic mass is 79.9. The Labute approximate surface area is 415 Å². The van der Waals surface area contributed by atoms with E-state index in [9.17, 15) is 23.6 Å². The fourth-order valence-corrected chi connectivity index (χ4v) is 11.3. The molecule has 70 heavy (non-hydrogen) atoms. The van der Waals surface area contributed by atoms with E-state index < -0.39 is 59.8 Å². The van der Waals surface area contributed by atoms with Crippen molar-refractivity contribution < 1.29 is 14.0 Å². The van der Waals surface area contributed by atoms with Gasteiger partial charge in [-0.25, -0.2) is 24.0 Å². The maximum Gasteiger partial charge on any atom is 0.332 e. The Kier molecular flexibility index (Phi) is 13.0. The average molecular weight is 1040 g/mol. The summed E-state index contributed by atoms with van der Waals surface area (Å²) in [6.45, 7) is 0.785. The van der Waals surface area contributed by atoms with Crippen molar-refractivity contribution in [2.24, 2.45) is 31.5 Å². The van der Waals surface area contributed by atoms with Crippen LogP contribution in [0.4, 0.5) is 27.4 Å². The zero-order valence-electron chi connectivity index (χ0n) is 38.9. The Morgan fingerprint density at radius 3 is 1.71 bits per heavy atom. The molecule has 10 rings (SSSR count). The van der Waals surface area contributed by atoms with Crippen LogP contribution in [0.15, 0.2) is 96.4 Å². The molecule has 3 aromatic carbocycles. The molecular formula is C49H55BrClFN12O6. The summed E-state index contributed by atoms with van der Waals surface area (Å²) in [7, 11) is 3.07. The third-order valence-electron chi connectivity index (χ3n) is 14.2. The summed E-state index contributed by atoms with van der Waals surface area (Å²) >= 11 is 10.7. The van der Waals surface area contributed by atoms with E-state index in [0.717, 1.165) is 38.1 Å². The summed E-state index contributed by atoms with van der Waals surface area (Å²) in [5, 5.41) is 4.09. The maximum atomic E-state index is 15.6. The number of likely N-dealkylation sites (tertiary alicyclic amines) is 2. The lowest BCUT2D eigenvalue weighted by Crippen LogP contribution is -2.69. The van der Waals surface area contributed by atoms with E-state index in [2.05, 4.69) is 25.7 Å². The molecule has 4 unspecified atom stereocenters. The van der Waals surface area contributed by atoms with Crippen molar-refractivity contribution in [3.05, 3.63) is 146 Å². The molecule has 1 saturated carbocycles. The highest BCUT2D eigenvalue weighted by Gasteiger charge is 2.55. The Bertz CT molecular complexity index is 3160. The number of fused-ring (bicyclic) bond motifs is 2. The standard InChI is InChI=1S/C49H55BrClFN12O6/c1-55-42-40(44(67)61(48(55)69)27-38(65)29-18-19-29)59(23-31-10-3-5-16-36(31)50)46(57-20-8-14-34(53)25-57)63(42)64-43-41(45(68)62(49(70)56(43)2)28-39(66)30-12-7-13-33(52)22-30)60(24-32-11-4-6-17-37(32)51)47(64)58-21-9-15-35(54)26-58/h3-7,10-13,16-17,22,29,34-35,46-47H,8-9,14-15,18-21,23-28,53-54H2,1-2H3. The van der Waals surface area contributed by atoms with Crippen molar-refractivity contribution >= 4 is 62.1 Å². The lowest BCUT2D eigenvalue weighted by molar-refractivity contribution is -0.120. The summed E-state index contributed by atoms with van der Waals surface area (Å²) < 4.78 is 19.8. The Balaban J connectivity index is 1.27. The summed E-state index contributed by atoms with van der Waals surface area (Å²) in [6, 6.07) is 19.4. The SMILES string of the molecule is Cn1c2c(c(=O)n(CC(=O)c3cccc(F)c3)c1=O)N(Cc1ccccc1Cl)C(N1CCCC(N)C1)N2N1c2c(c(=O)n(CC(=O)C3CC3)c(=O)n2C)N(Cc2ccccc2Br)C1N1CCCC(N)C1. The van der Waals surface area contributed by atoms with Gasteiger partial charge in [-0.05, 0) is 73.9 Å². The summed E-state index contributed by atoms with van der Waals surface area (Å²) in [6.07, 6.45) is 2.33. The van der Waals surface area contributed by atoms with Gasteiger partial charge in [-0.15, -0.1) is 0 Å². The summed E-state index contributed by atoms with van der Waals surface area (Å²) in [5.74, 6) is -1.45. The Hall–Kier alpha value is -5.90. The van der Waals surface area contributed by atoms with E-state index in [-0.39, 0.29) is 65.4 Å². The second-order valence-corrected chi connectivity index (χ2v) is 20.4. The highest BCUT2D eigenvalue weighted by molar-refractivity contribution is 9.10. The molecule has 5 aromatic rings. The van der Waals surface area contributed by atoms with Gasteiger partial charge in [0.1, 0.15) is 17.2 Å². The van der Waals surface area contributed by atoms with Crippen LogP contribution < -0.4 is 53.8 Å². The van der Waals surface area contributed by atoms with E-state index in [4.69, 9.17) is 23.1 Å². The molecule has 4 atom stereocenters. The number of hydrogen-bond donors (Lipinski definition) is 2. The predicted octanol–water partition coefficient (Wildman–Crippen LogP) is 3.51. The molecule has 3 fully saturated rings. The minimum atomic E-state index is -0.975. The number of rotatable bonds is 13. The Morgan fingerprint density at radius 1 is 0.686 bits per heavy atom. The molecule has 1 aliphatic carbocycles. The van der Waals surface area contributed by atoms with Crippen LogP contribution in [0.3, 0.4) is 0 Å². The fraction of sp³-hybridized carbons (Fsp3) is 0.429. The number of nitrogens with two attached hydrogens (primary N) is 2. The number of carbonyl (C=O) groups excluding carboxylic acids is 2. The van der Waals surface area contributed by atoms with Gasteiger partial charge >= 0.3 is 11.4 Å². The molecule has 21 heteroatoms. The van der Waals surface area contributed by atoms with Crippen LogP contribution >= 0.6 is 27.5 Å². The number of piperidine rings is 2. The molecule has 6 heterocycles. The highest BCUT2D eigenvalue weighted by Crippen LogP contribution is 2.48. The molecule has 368 valence electrons. The molecule has 0 bridgehead atoms. The van der Waals surface area contributed by atoms with Crippen LogP contribution in [0.1, 0.15) is 60.0 Å². The van der Waals surface area contributed by atoms with Gasteiger partial charge in [0, 0.05) is 86.4 Å². The van der Waals surface area contributed by atoms with Crippen LogP contribution in [0, 0.1) is 11.7 Å². The lowest BCUT2D eigenvalue weighted by atomic mass is 10.1. The Morgan fingerprint density at radius 2 is 1.20 bits per heavy atom. The van der Waals surface area contributed by atoms with Gasteiger partial charge in [0.05, 0.1) is 13.1 Å². The van der Waals surface area contributed by atoms with Gasteiger partial charge in [0.25, 0.3) is 11.1 Å². The number of carbonyl (C=O) groups is 2. The van der Waals surface area contributed by atoms with Crippen LogP contribution in [-0.2, 0) is 45.1 Å². The van der Waals surface area contributed by atoms with Gasteiger partial charge in [0.2, 0.25) is 0 Å². The maximum absolute atomic E-state index is 15.6. The fourth-order valence-electron chi connectivity index (χ4n) is 10.7. The van der Waals surface area contributed by atoms with Gasteiger partial charge < -0.3 is 21.3 Å². The normalized spacial score (nSPS) is 21.6. The van der Waals surface area contributed by atoms with Crippen molar-refractivity contribution in [1.82, 2.24) is 28.1 Å². The molecule has 2 aromatic heterocycles. The molecule has 0 spiro atoms. The van der Waals surface area contributed by atoms with Gasteiger partial charge in [-0.2, -0.15) is 0 Å². The molecule has 4 N–H and O–H groups in total. The van der Waals surface area contributed by atoms with Crippen molar-refractivity contribution in [2.45, 2.75) is 89.4 Å². The second kappa shape index (κ2) is 19.0. The molecule has 0 amide bonds. The van der Waals surface area contributed by atoms with E-state index in [1.165, 1.54) is 34.4 Å². The minimum absolute atomic E-state index is 0.0176. The number of nitrogens with zero attached hydrogens (tertiary/aromatic N) is 10. The number of hydrogen-bond acceptors (Lipinski definition) is 14. The first-order valence-corrected chi connectivity index (χ1v) is 24.9. The van der Waals surface area contributed by atoms with Crippen LogP contribution in [0.2, 0.25) is 5.02 Å². The minimum Gasteiger partial charge on any atom is -0.327 e. The quantitative estimate of drug-likeness (QED) is 0.163. The molecule has 2 saturated heterocycles. The van der Waals surface area contributed by atoms with Crippen molar-refractivity contribution in [3.8, 4) is 0 Å².